The Hall–Kier alpha value is -3.34. The van der Waals surface area contributed by atoms with E-state index in [1.807, 2.05) is 6.34 Å². The van der Waals surface area contributed by atoms with E-state index in [0.29, 0.717) is 5.92 Å². The summed E-state index contributed by atoms with van der Waals surface area (Å²) in [5.74, 6) is -0.680. The highest BCUT2D eigenvalue weighted by Gasteiger charge is 2.92. The SMILES string of the molecule is COC1(O)C2(C)c3c(cc(CC(C)C)c4ccccc34)C3=[N+](C=NC4Cc5cc6ccccc6cc5C34)C12C. The molecule has 4 nitrogen and oxygen atoms in total. The Morgan fingerprint density at radius 1 is 1.00 bits per heavy atom. The van der Waals surface area contributed by atoms with Gasteiger partial charge in [-0.2, -0.15) is 0 Å². The predicted molar refractivity (Wildman–Crippen MR) is 157 cm³/mol. The van der Waals surface area contributed by atoms with Crippen LogP contribution in [0, 0.1) is 5.92 Å². The fourth-order valence-electron chi connectivity index (χ4n) is 8.65. The maximum absolute atomic E-state index is 12.2. The highest BCUT2D eigenvalue weighted by atomic mass is 16.6. The van der Waals surface area contributed by atoms with Crippen molar-refractivity contribution in [2.75, 3.05) is 7.11 Å². The van der Waals surface area contributed by atoms with Gasteiger partial charge in [-0.15, -0.1) is 0 Å². The molecule has 0 spiro atoms. The van der Waals surface area contributed by atoms with Crippen molar-refractivity contribution in [3.63, 3.8) is 0 Å². The zero-order valence-electron chi connectivity index (χ0n) is 23.3. The second-order valence-corrected chi connectivity index (χ2v) is 12.8. The molecule has 4 heteroatoms. The van der Waals surface area contributed by atoms with Gasteiger partial charge in [-0.3, -0.25) is 0 Å². The van der Waals surface area contributed by atoms with E-state index in [2.05, 4.69) is 99.0 Å². The lowest BCUT2D eigenvalue weighted by molar-refractivity contribution is -0.490. The highest BCUT2D eigenvalue weighted by Crippen LogP contribution is 2.71. The van der Waals surface area contributed by atoms with Gasteiger partial charge in [0.15, 0.2) is 11.6 Å². The van der Waals surface area contributed by atoms with E-state index in [1.165, 1.54) is 55.1 Å². The molecule has 0 radical (unpaired) electrons. The molecule has 2 aliphatic heterocycles. The van der Waals surface area contributed by atoms with Crippen molar-refractivity contribution in [1.82, 2.24) is 0 Å². The normalized spacial score (nSPS) is 31.8. The summed E-state index contributed by atoms with van der Waals surface area (Å²) in [4.78, 5) is 5.15. The highest BCUT2D eigenvalue weighted by molar-refractivity contribution is 6.12. The van der Waals surface area contributed by atoms with Gasteiger partial charge in [0.05, 0.1) is 5.92 Å². The number of aliphatic imine (C=N–C) groups is 1. The second-order valence-electron chi connectivity index (χ2n) is 12.8. The minimum absolute atomic E-state index is 0.129. The standard InChI is InChI=1S/C35H35N2O2/c1-20(2)14-23-17-28-31(26-13-9-8-12-25(23)26)33(3)34(4,35(33,38)39-5)37-19-36-29-18-24-15-21-10-6-7-11-22(21)16-27(24)30(29)32(28)37/h6-13,15-17,19-20,29-30,38H,14,18H2,1-5H3/q+1. The van der Waals surface area contributed by atoms with Crippen LogP contribution in [0.4, 0.5) is 0 Å². The molecule has 1 fully saturated rings. The minimum atomic E-state index is -1.34. The average Bonchev–Trinajstić information content (AvgIpc) is 3.16. The van der Waals surface area contributed by atoms with Crippen molar-refractivity contribution in [3.8, 4) is 0 Å². The van der Waals surface area contributed by atoms with Crippen LogP contribution >= 0.6 is 0 Å². The molecular formula is C35H35N2O2+. The summed E-state index contributed by atoms with van der Waals surface area (Å²) in [5.41, 5.74) is 6.57. The molecule has 0 bridgehead atoms. The fraction of sp³-hybridized carbons (Fsp3) is 0.371. The minimum Gasteiger partial charge on any atom is -0.361 e. The number of fused-ring (bicyclic) bond motifs is 12. The van der Waals surface area contributed by atoms with Crippen LogP contribution in [-0.4, -0.2) is 46.2 Å². The Kier molecular flexibility index (Phi) is 4.49. The number of ether oxygens (including phenoxy) is 1. The second kappa shape index (κ2) is 7.44. The van der Waals surface area contributed by atoms with Gasteiger partial charge in [0.25, 0.3) is 6.34 Å². The van der Waals surface area contributed by atoms with Crippen molar-refractivity contribution in [2.45, 2.75) is 69.2 Å². The molecule has 5 atom stereocenters. The topological polar surface area (TPSA) is 44.8 Å². The van der Waals surface area contributed by atoms with Crippen molar-refractivity contribution < 1.29 is 14.4 Å². The number of hydrogen-bond donors (Lipinski definition) is 1. The largest absolute Gasteiger partial charge is 0.361 e. The van der Waals surface area contributed by atoms with Crippen LogP contribution < -0.4 is 0 Å². The summed E-state index contributed by atoms with van der Waals surface area (Å²) in [5, 5.41) is 17.3. The van der Waals surface area contributed by atoms with E-state index < -0.39 is 16.7 Å². The molecule has 39 heavy (non-hydrogen) atoms. The van der Waals surface area contributed by atoms with Crippen LogP contribution in [0.1, 0.15) is 61.4 Å². The summed E-state index contributed by atoms with van der Waals surface area (Å²) in [6.07, 6.45) is 3.95. The van der Waals surface area contributed by atoms with E-state index in [4.69, 9.17) is 9.73 Å². The van der Waals surface area contributed by atoms with E-state index in [1.54, 1.807) is 7.11 Å². The Balaban J connectivity index is 1.48. The molecular weight excluding hydrogens is 480 g/mol. The van der Waals surface area contributed by atoms with Crippen molar-refractivity contribution in [1.29, 1.82) is 0 Å². The summed E-state index contributed by atoms with van der Waals surface area (Å²) in [6, 6.07) is 24.8. The molecule has 0 amide bonds. The molecule has 2 heterocycles. The molecule has 0 aromatic heterocycles. The summed E-state index contributed by atoms with van der Waals surface area (Å²) in [7, 11) is 1.64. The van der Waals surface area contributed by atoms with Gasteiger partial charge in [0.1, 0.15) is 11.1 Å². The van der Waals surface area contributed by atoms with E-state index in [9.17, 15) is 5.11 Å². The van der Waals surface area contributed by atoms with Gasteiger partial charge in [0, 0.05) is 19.1 Å². The molecule has 2 aliphatic carbocycles. The molecule has 4 aliphatic rings. The lowest BCUT2D eigenvalue weighted by Crippen LogP contribution is -2.48. The Morgan fingerprint density at radius 3 is 2.41 bits per heavy atom. The molecule has 5 unspecified atom stereocenters. The van der Waals surface area contributed by atoms with Crippen LogP contribution in [0.5, 0.6) is 0 Å². The monoisotopic (exact) mass is 515 g/mol. The van der Waals surface area contributed by atoms with Crippen molar-refractivity contribution in [3.05, 3.63) is 94.5 Å². The molecule has 0 saturated heterocycles. The van der Waals surface area contributed by atoms with Gasteiger partial charge in [-0.05, 0) is 82.1 Å². The zero-order chi connectivity index (χ0) is 26.9. The van der Waals surface area contributed by atoms with Crippen LogP contribution in [0.3, 0.4) is 0 Å². The lowest BCUT2D eigenvalue weighted by Gasteiger charge is -2.34. The molecule has 1 saturated carbocycles. The number of benzene rings is 4. The average molecular weight is 516 g/mol. The maximum atomic E-state index is 12.2. The Labute approximate surface area is 229 Å². The first-order chi connectivity index (χ1) is 18.7. The van der Waals surface area contributed by atoms with Gasteiger partial charge >= 0.3 is 0 Å². The van der Waals surface area contributed by atoms with Gasteiger partial charge in [-0.25, -0.2) is 4.58 Å². The van der Waals surface area contributed by atoms with Gasteiger partial charge in [-0.1, -0.05) is 73.4 Å². The maximum Gasteiger partial charge on any atom is 0.281 e. The summed E-state index contributed by atoms with van der Waals surface area (Å²) in [6.45, 7) is 8.91. The third kappa shape index (κ3) is 2.58. The summed E-state index contributed by atoms with van der Waals surface area (Å²) < 4.78 is 8.32. The third-order valence-electron chi connectivity index (χ3n) is 10.6. The first-order valence-electron chi connectivity index (χ1n) is 14.3. The molecule has 4 aromatic carbocycles. The van der Waals surface area contributed by atoms with Crippen LogP contribution in [0.2, 0.25) is 0 Å². The lowest BCUT2D eigenvalue weighted by atomic mass is 9.74. The first-order valence-corrected chi connectivity index (χ1v) is 14.3. The van der Waals surface area contributed by atoms with E-state index in [-0.39, 0.29) is 12.0 Å². The molecule has 1 N–H and O–H groups in total. The summed E-state index contributed by atoms with van der Waals surface area (Å²) >= 11 is 0. The van der Waals surface area contributed by atoms with Crippen LogP contribution in [-0.2, 0) is 23.0 Å². The molecule has 196 valence electrons. The third-order valence-corrected chi connectivity index (χ3v) is 10.6. The number of nitrogens with zero attached hydrogens (tertiary/aromatic N) is 2. The molecule has 8 rings (SSSR count). The number of hydrogen-bond acceptors (Lipinski definition) is 3. The van der Waals surface area contributed by atoms with Crippen molar-refractivity contribution >= 4 is 33.6 Å². The van der Waals surface area contributed by atoms with E-state index >= 15 is 0 Å². The number of rotatable bonds is 3. The molecule has 4 aromatic rings. The smallest absolute Gasteiger partial charge is 0.281 e. The Bertz CT molecular complexity index is 1800. The fourth-order valence-corrected chi connectivity index (χ4v) is 8.65. The van der Waals surface area contributed by atoms with Gasteiger partial charge in [0.2, 0.25) is 5.79 Å². The first kappa shape index (κ1) is 23.5. The Morgan fingerprint density at radius 2 is 1.69 bits per heavy atom. The van der Waals surface area contributed by atoms with Gasteiger partial charge < -0.3 is 9.84 Å². The quantitative estimate of drug-likeness (QED) is 0.264. The zero-order valence-corrected chi connectivity index (χ0v) is 23.3. The number of aliphatic hydroxyl groups is 1. The number of methoxy groups -OCH3 is 1. The van der Waals surface area contributed by atoms with Crippen LogP contribution in [0.25, 0.3) is 21.5 Å². The van der Waals surface area contributed by atoms with Crippen molar-refractivity contribution in [2.24, 2.45) is 10.9 Å². The predicted octanol–water partition coefficient (Wildman–Crippen LogP) is 6.12. The van der Waals surface area contributed by atoms with E-state index in [0.717, 1.165) is 12.8 Å². The van der Waals surface area contributed by atoms with Crippen LogP contribution in [0.15, 0.2) is 71.7 Å².